The number of hydrogen-bond acceptors (Lipinski definition) is 4. The molecule has 0 amide bonds. The average Bonchev–Trinajstić information content (AvgIpc) is 2.74. The zero-order valence-corrected chi connectivity index (χ0v) is 13.2. The van der Waals surface area contributed by atoms with E-state index in [2.05, 4.69) is 9.55 Å². The monoisotopic (exact) mass is 321 g/mol. The molecule has 3 rings (SSSR count). The second-order valence-electron chi connectivity index (χ2n) is 5.82. The Hall–Kier alpha value is -1.86. The molecule has 3 N–H and O–H groups in total. The Bertz CT molecular complexity index is 807. The zero-order valence-electron chi connectivity index (χ0n) is 12.4. The number of hydrogen-bond donors (Lipinski definition) is 2. The summed E-state index contributed by atoms with van der Waals surface area (Å²) in [6.07, 6.45) is 5.61. The predicted molar refractivity (Wildman–Crippen MR) is 82.8 cm³/mol. The SMILES string of the molecule is Cc1nc(-c2cccc(S(N)(=O)=O)c2O)cn1CC1CCC1. The Labute approximate surface area is 129 Å². The van der Waals surface area contributed by atoms with Gasteiger partial charge in [-0.1, -0.05) is 12.5 Å². The van der Waals surface area contributed by atoms with Crippen LogP contribution < -0.4 is 5.14 Å². The van der Waals surface area contributed by atoms with Gasteiger partial charge in [-0.05, 0) is 37.8 Å². The van der Waals surface area contributed by atoms with Crippen LogP contribution in [0.25, 0.3) is 11.3 Å². The molecule has 6 nitrogen and oxygen atoms in total. The van der Waals surface area contributed by atoms with E-state index >= 15 is 0 Å². The second kappa shape index (κ2) is 5.40. The van der Waals surface area contributed by atoms with Crippen LogP contribution in [0.2, 0.25) is 0 Å². The van der Waals surface area contributed by atoms with Crippen molar-refractivity contribution in [2.45, 2.75) is 37.6 Å². The van der Waals surface area contributed by atoms with Crippen molar-refractivity contribution >= 4 is 10.0 Å². The normalized spacial score (nSPS) is 15.7. The molecule has 0 radical (unpaired) electrons. The first-order valence-electron chi connectivity index (χ1n) is 7.25. The first-order chi connectivity index (χ1) is 10.4. The third-order valence-corrected chi connectivity index (χ3v) is 5.18. The molecule has 0 atom stereocenters. The lowest BCUT2D eigenvalue weighted by Gasteiger charge is -2.25. The highest BCUT2D eigenvalue weighted by Crippen LogP contribution is 2.34. The lowest BCUT2D eigenvalue weighted by atomic mass is 9.85. The Morgan fingerprint density at radius 1 is 1.41 bits per heavy atom. The molecule has 0 bridgehead atoms. The minimum Gasteiger partial charge on any atom is -0.506 e. The summed E-state index contributed by atoms with van der Waals surface area (Å²) in [6.45, 7) is 2.82. The number of phenols is 1. The number of phenolic OH excluding ortho intramolecular Hbond substituents is 1. The van der Waals surface area contributed by atoms with Crippen molar-refractivity contribution in [3.05, 3.63) is 30.2 Å². The molecule has 1 aromatic carbocycles. The molecule has 0 spiro atoms. The van der Waals surface area contributed by atoms with Gasteiger partial charge >= 0.3 is 0 Å². The van der Waals surface area contributed by atoms with Crippen molar-refractivity contribution in [3.63, 3.8) is 0 Å². The van der Waals surface area contributed by atoms with Gasteiger partial charge < -0.3 is 9.67 Å². The number of nitrogens with two attached hydrogens (primary N) is 1. The molecule has 1 heterocycles. The summed E-state index contributed by atoms with van der Waals surface area (Å²) >= 11 is 0. The van der Waals surface area contributed by atoms with Gasteiger partial charge in [-0.25, -0.2) is 18.5 Å². The van der Waals surface area contributed by atoms with Crippen molar-refractivity contribution in [2.75, 3.05) is 0 Å². The molecule has 118 valence electrons. The summed E-state index contributed by atoms with van der Waals surface area (Å²) in [7, 11) is -3.97. The number of aryl methyl sites for hydroxylation is 1. The van der Waals surface area contributed by atoms with Gasteiger partial charge in [0.1, 0.15) is 16.5 Å². The molecule has 1 aliphatic carbocycles. The molecule has 1 aromatic heterocycles. The van der Waals surface area contributed by atoms with Crippen molar-refractivity contribution in [1.82, 2.24) is 9.55 Å². The van der Waals surface area contributed by atoms with Gasteiger partial charge in [-0.3, -0.25) is 0 Å². The number of benzene rings is 1. The summed E-state index contributed by atoms with van der Waals surface area (Å²) in [5.41, 5.74) is 0.932. The van der Waals surface area contributed by atoms with E-state index in [1.165, 1.54) is 25.3 Å². The first kappa shape index (κ1) is 15.1. The van der Waals surface area contributed by atoms with Crippen LogP contribution in [0, 0.1) is 12.8 Å². The molecule has 2 aromatic rings. The number of aromatic nitrogens is 2. The summed E-state index contributed by atoms with van der Waals surface area (Å²) in [4.78, 5) is 4.16. The van der Waals surface area contributed by atoms with Crippen LogP contribution in [0.3, 0.4) is 0 Å². The molecule has 7 heteroatoms. The average molecular weight is 321 g/mol. The maximum Gasteiger partial charge on any atom is 0.241 e. The van der Waals surface area contributed by atoms with Crippen LogP contribution in [0.5, 0.6) is 5.75 Å². The van der Waals surface area contributed by atoms with Gasteiger partial charge in [0, 0.05) is 18.3 Å². The summed E-state index contributed by atoms with van der Waals surface area (Å²) in [5.74, 6) is 1.19. The van der Waals surface area contributed by atoms with Crippen LogP contribution in [0.4, 0.5) is 0 Å². The van der Waals surface area contributed by atoms with E-state index in [-0.39, 0.29) is 10.6 Å². The van der Waals surface area contributed by atoms with Crippen molar-refractivity contribution in [1.29, 1.82) is 0 Å². The second-order valence-corrected chi connectivity index (χ2v) is 7.35. The molecular weight excluding hydrogens is 302 g/mol. The zero-order chi connectivity index (χ0) is 15.9. The van der Waals surface area contributed by atoms with E-state index < -0.39 is 10.0 Å². The van der Waals surface area contributed by atoms with E-state index in [1.54, 1.807) is 12.1 Å². The van der Waals surface area contributed by atoms with Crippen LogP contribution in [0.15, 0.2) is 29.3 Å². The molecule has 0 aliphatic heterocycles. The molecule has 22 heavy (non-hydrogen) atoms. The number of nitrogens with zero attached hydrogens (tertiary/aromatic N) is 2. The van der Waals surface area contributed by atoms with Crippen LogP contribution in [-0.4, -0.2) is 23.1 Å². The highest BCUT2D eigenvalue weighted by Gasteiger charge is 2.21. The first-order valence-corrected chi connectivity index (χ1v) is 8.80. The van der Waals surface area contributed by atoms with Crippen molar-refractivity contribution in [3.8, 4) is 17.0 Å². The Morgan fingerprint density at radius 2 is 2.14 bits per heavy atom. The minimum atomic E-state index is -3.97. The lowest BCUT2D eigenvalue weighted by Crippen LogP contribution is -2.18. The van der Waals surface area contributed by atoms with Gasteiger partial charge in [-0.2, -0.15) is 0 Å². The van der Waals surface area contributed by atoms with Crippen molar-refractivity contribution < 1.29 is 13.5 Å². The van der Waals surface area contributed by atoms with E-state index in [0.717, 1.165) is 12.4 Å². The number of aromatic hydroxyl groups is 1. The largest absolute Gasteiger partial charge is 0.506 e. The quantitative estimate of drug-likeness (QED) is 0.900. The van der Waals surface area contributed by atoms with Gasteiger partial charge in [0.2, 0.25) is 10.0 Å². The van der Waals surface area contributed by atoms with Crippen LogP contribution >= 0.6 is 0 Å². The van der Waals surface area contributed by atoms with Crippen LogP contribution in [0.1, 0.15) is 25.1 Å². The molecule has 0 saturated heterocycles. The number of para-hydroxylation sites is 1. The van der Waals surface area contributed by atoms with Gasteiger partial charge in [0.05, 0.1) is 5.69 Å². The highest BCUT2D eigenvalue weighted by atomic mass is 32.2. The lowest BCUT2D eigenvalue weighted by molar-refractivity contribution is 0.275. The van der Waals surface area contributed by atoms with Gasteiger partial charge in [-0.15, -0.1) is 0 Å². The standard InChI is InChI=1S/C15H19N3O3S/c1-10-17-13(9-18(10)8-11-4-2-5-11)12-6-3-7-14(15(12)19)22(16,20)21/h3,6-7,9,11,19H,2,4-5,8H2,1H3,(H2,16,20,21). The topological polar surface area (TPSA) is 98.2 Å². The summed E-state index contributed by atoms with van der Waals surface area (Å²) in [5, 5.41) is 15.3. The smallest absolute Gasteiger partial charge is 0.241 e. The Balaban J connectivity index is 1.99. The number of sulfonamides is 1. The molecule has 1 aliphatic rings. The highest BCUT2D eigenvalue weighted by molar-refractivity contribution is 7.89. The third-order valence-electron chi connectivity index (χ3n) is 4.24. The maximum atomic E-state index is 11.5. The Morgan fingerprint density at radius 3 is 2.73 bits per heavy atom. The molecule has 1 saturated carbocycles. The number of primary sulfonamides is 1. The van der Waals surface area contributed by atoms with Crippen LogP contribution in [-0.2, 0) is 16.6 Å². The molecular formula is C15H19N3O3S. The summed E-state index contributed by atoms with van der Waals surface area (Å²) in [6, 6.07) is 4.47. The Kier molecular flexibility index (Phi) is 3.70. The maximum absolute atomic E-state index is 11.5. The van der Waals surface area contributed by atoms with E-state index in [4.69, 9.17) is 5.14 Å². The fourth-order valence-corrected chi connectivity index (χ4v) is 3.38. The van der Waals surface area contributed by atoms with E-state index in [1.807, 2.05) is 13.1 Å². The number of imidazole rings is 1. The number of rotatable bonds is 4. The van der Waals surface area contributed by atoms with Gasteiger partial charge in [0.15, 0.2) is 0 Å². The van der Waals surface area contributed by atoms with E-state index in [9.17, 15) is 13.5 Å². The fourth-order valence-electron chi connectivity index (χ4n) is 2.74. The molecule has 0 unspecified atom stereocenters. The molecule has 1 fully saturated rings. The third kappa shape index (κ3) is 2.74. The summed E-state index contributed by atoms with van der Waals surface area (Å²) < 4.78 is 25.0. The fraction of sp³-hybridized carbons (Fsp3) is 0.400. The van der Waals surface area contributed by atoms with Crippen molar-refractivity contribution in [2.24, 2.45) is 11.1 Å². The minimum absolute atomic E-state index is 0.281. The van der Waals surface area contributed by atoms with E-state index in [0.29, 0.717) is 17.2 Å². The predicted octanol–water partition coefficient (Wildman–Crippen LogP) is 2.01. The van der Waals surface area contributed by atoms with Gasteiger partial charge in [0.25, 0.3) is 0 Å².